The summed E-state index contributed by atoms with van der Waals surface area (Å²) < 4.78 is 0. The van der Waals surface area contributed by atoms with Gasteiger partial charge in [0.1, 0.15) is 0 Å². The molecule has 0 rings (SSSR count). The topological polar surface area (TPSA) is 0 Å². The van der Waals surface area contributed by atoms with Gasteiger partial charge in [-0.3, -0.25) is 0 Å². The largest absolute Gasteiger partial charge is 0.0767 e. The summed E-state index contributed by atoms with van der Waals surface area (Å²) in [6, 6.07) is 0. The first kappa shape index (κ1) is 5.65. The summed E-state index contributed by atoms with van der Waals surface area (Å²) in [6.07, 6.45) is 0. The molecule has 0 aromatic rings. The van der Waals surface area contributed by atoms with Crippen LogP contribution in [-0.2, 0) is 0 Å². The molecule has 0 heterocycles. The summed E-state index contributed by atoms with van der Waals surface area (Å²) in [6.45, 7) is 4.64. The molecular formula is C2H8Si3. The van der Waals surface area contributed by atoms with Crippen LogP contribution in [0.1, 0.15) is 0 Å². The van der Waals surface area contributed by atoms with Crippen molar-refractivity contribution in [2.75, 3.05) is 0 Å². The molecule has 0 aromatic carbocycles. The highest BCUT2D eigenvalue weighted by molar-refractivity contribution is 7.28. The monoisotopic (exact) mass is 116 g/mol. The van der Waals surface area contributed by atoms with E-state index in [1.165, 1.54) is 9.04 Å². The molecule has 0 aromatic heterocycles. The highest BCUT2D eigenvalue weighted by atomic mass is 29.5. The third kappa shape index (κ3) is 4.65. The van der Waals surface area contributed by atoms with E-state index in [0.29, 0.717) is 0 Å². The zero-order chi connectivity index (χ0) is 4.12. The fraction of sp³-hybridized carbons (Fsp3) is 1.00. The van der Waals surface area contributed by atoms with E-state index >= 15 is 0 Å². The third-order valence-electron chi connectivity index (χ3n) is 0.333. The molecule has 0 nitrogen and oxygen atoms in total. The van der Waals surface area contributed by atoms with Gasteiger partial charge in [0.05, 0.1) is 0 Å². The summed E-state index contributed by atoms with van der Waals surface area (Å²) in [5, 5.41) is 0. The Labute approximate surface area is 40.4 Å². The Morgan fingerprint density at radius 3 is 2.20 bits per heavy atom. The number of hydrogen-bond acceptors (Lipinski definition) is 0. The summed E-state index contributed by atoms with van der Waals surface area (Å²) in [7, 11) is 3.09. The lowest BCUT2D eigenvalue weighted by atomic mass is 11.9. The van der Waals surface area contributed by atoms with Crippen molar-refractivity contribution >= 4 is 26.6 Å². The van der Waals surface area contributed by atoms with E-state index in [2.05, 4.69) is 13.1 Å². The Bertz CT molecular complexity index is 12.4. The van der Waals surface area contributed by atoms with Crippen LogP contribution < -0.4 is 0 Å². The average Bonchev–Trinajstić information content (AvgIpc) is 1.41. The molecule has 0 N–H and O–H groups in total. The van der Waals surface area contributed by atoms with Crippen LogP contribution in [0, 0.1) is 0 Å². The average molecular weight is 116 g/mol. The van der Waals surface area contributed by atoms with Crippen molar-refractivity contribution in [2.24, 2.45) is 0 Å². The van der Waals surface area contributed by atoms with E-state index in [1.807, 2.05) is 0 Å². The van der Waals surface area contributed by atoms with E-state index in [0.717, 1.165) is 17.6 Å². The van der Waals surface area contributed by atoms with E-state index in [-0.39, 0.29) is 0 Å². The van der Waals surface area contributed by atoms with Crippen molar-refractivity contribution in [3.05, 3.63) is 0 Å². The Hall–Kier alpha value is 0.651. The van der Waals surface area contributed by atoms with Gasteiger partial charge in [-0.15, -0.1) is 0 Å². The number of hydrogen-bond donors (Lipinski definition) is 0. The second kappa shape index (κ2) is 4.65. The molecule has 0 bridgehead atoms. The second-order valence-corrected chi connectivity index (χ2v) is 10.1. The van der Waals surface area contributed by atoms with Crippen molar-refractivity contribution in [3.63, 3.8) is 0 Å². The van der Waals surface area contributed by atoms with Gasteiger partial charge in [-0.1, -0.05) is 13.1 Å². The maximum absolute atomic E-state index is 2.34. The quantitative estimate of drug-likeness (QED) is 0.426. The smallest absolute Gasteiger partial charge is 0.0141 e. The molecule has 0 spiro atoms. The molecule has 3 heteroatoms. The van der Waals surface area contributed by atoms with Gasteiger partial charge in [0.2, 0.25) is 0 Å². The fourth-order valence-electron chi connectivity index (χ4n) is 0.167. The molecule has 0 saturated carbocycles. The summed E-state index contributed by atoms with van der Waals surface area (Å²) in [5.41, 5.74) is 0. The minimum atomic E-state index is 0.882. The standard InChI is InChI=1S/C2H8Si3/c1-3-5-4-2/h3,5H,1-2H3. The maximum atomic E-state index is 2.34. The molecule has 0 amide bonds. The van der Waals surface area contributed by atoms with Crippen molar-refractivity contribution in [1.82, 2.24) is 0 Å². The van der Waals surface area contributed by atoms with Crippen LogP contribution in [0.4, 0.5) is 0 Å². The van der Waals surface area contributed by atoms with Crippen LogP contribution in [0.3, 0.4) is 0 Å². The zero-order valence-electron chi connectivity index (χ0n) is 3.65. The van der Waals surface area contributed by atoms with Gasteiger partial charge < -0.3 is 0 Å². The van der Waals surface area contributed by atoms with Gasteiger partial charge in [-0.2, -0.15) is 0 Å². The fourth-order valence-corrected chi connectivity index (χ4v) is 4.50. The van der Waals surface area contributed by atoms with Crippen molar-refractivity contribution in [2.45, 2.75) is 13.1 Å². The van der Waals surface area contributed by atoms with Gasteiger partial charge in [0.25, 0.3) is 0 Å². The van der Waals surface area contributed by atoms with Gasteiger partial charge in [-0.05, 0) is 0 Å². The minimum absolute atomic E-state index is 0.882. The summed E-state index contributed by atoms with van der Waals surface area (Å²) >= 11 is 0. The Morgan fingerprint density at radius 1 is 1.60 bits per heavy atom. The molecule has 0 unspecified atom stereocenters. The highest BCUT2D eigenvalue weighted by Gasteiger charge is 1.73. The van der Waals surface area contributed by atoms with Crippen LogP contribution in [-0.4, -0.2) is 26.6 Å². The van der Waals surface area contributed by atoms with Gasteiger partial charge in [0.15, 0.2) is 0 Å². The molecule has 4 radical (unpaired) electrons. The Balaban J connectivity index is 2.19. The van der Waals surface area contributed by atoms with Gasteiger partial charge in [0, 0.05) is 26.6 Å². The molecule has 0 fully saturated rings. The van der Waals surface area contributed by atoms with Crippen LogP contribution in [0.2, 0.25) is 13.1 Å². The Morgan fingerprint density at radius 2 is 2.20 bits per heavy atom. The SMILES string of the molecule is C[Si][SiH][SiH]C. The predicted molar refractivity (Wildman–Crippen MR) is 31.8 cm³/mol. The van der Waals surface area contributed by atoms with Gasteiger partial charge >= 0.3 is 0 Å². The van der Waals surface area contributed by atoms with E-state index in [4.69, 9.17) is 0 Å². The van der Waals surface area contributed by atoms with Crippen LogP contribution >= 0.6 is 0 Å². The molecule has 0 saturated heterocycles. The summed E-state index contributed by atoms with van der Waals surface area (Å²) in [4.78, 5) is 0. The predicted octanol–water partition coefficient (Wildman–Crippen LogP) is -0.510. The number of rotatable bonds is 2. The molecule has 28 valence electrons. The van der Waals surface area contributed by atoms with Crippen LogP contribution in [0.5, 0.6) is 0 Å². The Kier molecular flexibility index (Phi) is 5.26. The van der Waals surface area contributed by atoms with Crippen molar-refractivity contribution in [1.29, 1.82) is 0 Å². The molecular weight excluding hydrogens is 108 g/mol. The maximum Gasteiger partial charge on any atom is 0.0141 e. The van der Waals surface area contributed by atoms with Crippen molar-refractivity contribution < 1.29 is 0 Å². The molecule has 0 aliphatic carbocycles. The van der Waals surface area contributed by atoms with E-state index in [1.54, 1.807) is 0 Å². The first-order valence-corrected chi connectivity index (χ1v) is 8.83. The van der Waals surface area contributed by atoms with Crippen molar-refractivity contribution in [3.8, 4) is 0 Å². The molecule has 0 aliphatic heterocycles. The first-order valence-electron chi connectivity index (χ1n) is 1.70. The highest BCUT2D eigenvalue weighted by Crippen LogP contribution is 1.48. The van der Waals surface area contributed by atoms with E-state index < -0.39 is 0 Å². The lowest BCUT2D eigenvalue weighted by molar-refractivity contribution is 2.34. The molecule has 5 heavy (non-hydrogen) atoms. The van der Waals surface area contributed by atoms with Crippen LogP contribution in [0.15, 0.2) is 0 Å². The van der Waals surface area contributed by atoms with Crippen LogP contribution in [0.25, 0.3) is 0 Å². The second-order valence-electron chi connectivity index (χ2n) is 0.789. The van der Waals surface area contributed by atoms with E-state index in [9.17, 15) is 0 Å². The molecule has 0 atom stereocenters. The minimum Gasteiger partial charge on any atom is -0.0767 e. The third-order valence-corrected chi connectivity index (χ3v) is 9.00. The van der Waals surface area contributed by atoms with Gasteiger partial charge in [-0.25, -0.2) is 0 Å². The summed E-state index contributed by atoms with van der Waals surface area (Å²) in [5.74, 6) is 0. The lowest BCUT2D eigenvalue weighted by Gasteiger charge is -1.74. The first-order chi connectivity index (χ1) is 2.41. The lowest BCUT2D eigenvalue weighted by Crippen LogP contribution is -2.03. The molecule has 0 aliphatic rings. The zero-order valence-corrected chi connectivity index (χ0v) is 6.96. The normalized spacial score (nSPS) is 8.40.